The molecule has 0 rings (SSSR count). The van der Waals surface area contributed by atoms with Gasteiger partial charge in [-0.15, -0.1) is 0 Å². The summed E-state index contributed by atoms with van der Waals surface area (Å²) in [6.07, 6.45) is 36.2. The number of ether oxygens (including phenoxy) is 2. The summed E-state index contributed by atoms with van der Waals surface area (Å²) in [6.45, 7) is 4.08. The highest BCUT2D eigenvalue weighted by atomic mass is 31.2. The van der Waals surface area contributed by atoms with Crippen molar-refractivity contribution in [2.75, 3.05) is 40.5 Å². The summed E-state index contributed by atoms with van der Waals surface area (Å²) in [5.74, 6) is -0.850. The maximum absolute atomic E-state index is 12.6. The molecular formula is C41H77NO8P-. The summed E-state index contributed by atoms with van der Waals surface area (Å²) in [5.41, 5.74) is 0. The van der Waals surface area contributed by atoms with E-state index in [1.54, 1.807) is 19.0 Å². The Morgan fingerprint density at radius 3 is 1.59 bits per heavy atom. The number of carbonyl (C=O) groups is 2. The van der Waals surface area contributed by atoms with E-state index in [-0.39, 0.29) is 32.0 Å². The van der Waals surface area contributed by atoms with Crippen LogP contribution < -0.4 is 4.89 Å². The number of carbonyl (C=O) groups excluding carboxylic acids is 2. The van der Waals surface area contributed by atoms with E-state index in [0.29, 0.717) is 13.0 Å². The first-order valence-electron chi connectivity index (χ1n) is 20.6. The molecule has 0 radical (unpaired) electrons. The summed E-state index contributed by atoms with van der Waals surface area (Å²) in [6, 6.07) is 0. The molecule has 0 amide bonds. The molecule has 2 atom stereocenters. The average Bonchev–Trinajstić information content (AvgIpc) is 3.09. The molecule has 0 bridgehead atoms. The van der Waals surface area contributed by atoms with Gasteiger partial charge in [0, 0.05) is 19.4 Å². The molecule has 0 spiro atoms. The van der Waals surface area contributed by atoms with Gasteiger partial charge >= 0.3 is 11.9 Å². The van der Waals surface area contributed by atoms with E-state index < -0.39 is 26.5 Å². The van der Waals surface area contributed by atoms with Gasteiger partial charge in [0.1, 0.15) is 6.61 Å². The molecule has 9 nitrogen and oxygen atoms in total. The van der Waals surface area contributed by atoms with E-state index in [0.717, 1.165) is 57.8 Å². The standard InChI is InChI=1S/C41H78NO8P/c1-5-7-9-11-13-15-17-19-20-22-24-26-28-30-32-34-41(44)50-39(38-49-51(45,46)48-36-35-42(3)4)37-47-40(43)33-31-29-27-25-23-21-18-16-14-12-10-8-6-2/h13,15,19-20,39H,5-12,14,16-18,21-38H2,1-4H3,(H,45,46)/p-1/b15-13-,20-19-/t39-/m1/s1. The Labute approximate surface area is 313 Å². The van der Waals surface area contributed by atoms with Gasteiger partial charge in [-0.3, -0.25) is 14.2 Å². The minimum absolute atomic E-state index is 0.0564. The lowest BCUT2D eigenvalue weighted by atomic mass is 10.0. The van der Waals surface area contributed by atoms with Crippen LogP contribution in [0.5, 0.6) is 0 Å². The van der Waals surface area contributed by atoms with Crippen molar-refractivity contribution in [2.24, 2.45) is 0 Å². The van der Waals surface area contributed by atoms with Crippen LogP contribution in [0.25, 0.3) is 0 Å². The second-order valence-corrected chi connectivity index (χ2v) is 15.6. The number of esters is 2. The first kappa shape index (κ1) is 49.5. The molecule has 1 unspecified atom stereocenters. The van der Waals surface area contributed by atoms with E-state index >= 15 is 0 Å². The van der Waals surface area contributed by atoms with Crippen molar-refractivity contribution >= 4 is 19.8 Å². The molecule has 10 heteroatoms. The molecule has 0 N–H and O–H groups in total. The maximum atomic E-state index is 12.6. The molecule has 0 aromatic carbocycles. The lowest BCUT2D eigenvalue weighted by molar-refractivity contribution is -0.228. The van der Waals surface area contributed by atoms with Gasteiger partial charge in [-0.1, -0.05) is 147 Å². The Bertz CT molecular complexity index is 910. The fourth-order valence-electron chi connectivity index (χ4n) is 5.53. The van der Waals surface area contributed by atoms with Crippen LogP contribution in [0, 0.1) is 0 Å². The lowest BCUT2D eigenvalue weighted by Crippen LogP contribution is -2.30. The first-order chi connectivity index (χ1) is 24.7. The molecule has 0 aliphatic carbocycles. The minimum atomic E-state index is -4.61. The van der Waals surface area contributed by atoms with Crippen molar-refractivity contribution in [3.8, 4) is 0 Å². The van der Waals surface area contributed by atoms with Crippen molar-refractivity contribution in [1.82, 2.24) is 4.90 Å². The third kappa shape index (κ3) is 38.0. The Hall–Kier alpha value is -1.51. The number of likely N-dealkylation sites (N-methyl/N-ethyl adjacent to an activating group) is 1. The number of hydrogen-bond acceptors (Lipinski definition) is 9. The summed E-state index contributed by atoms with van der Waals surface area (Å²) in [4.78, 5) is 39.0. The highest BCUT2D eigenvalue weighted by Crippen LogP contribution is 2.38. The van der Waals surface area contributed by atoms with E-state index in [9.17, 15) is 19.0 Å². The third-order valence-corrected chi connectivity index (χ3v) is 9.71. The normalized spacial score (nSPS) is 13.7. The molecular weight excluding hydrogens is 665 g/mol. The molecule has 0 aliphatic rings. The quantitative estimate of drug-likeness (QED) is 0.0264. The molecule has 0 fully saturated rings. The van der Waals surface area contributed by atoms with Crippen LogP contribution in [-0.4, -0.2) is 63.4 Å². The average molecular weight is 743 g/mol. The predicted octanol–water partition coefficient (Wildman–Crippen LogP) is 10.8. The Kier molecular flexibility index (Phi) is 35.7. The van der Waals surface area contributed by atoms with Crippen molar-refractivity contribution in [2.45, 2.75) is 187 Å². The first-order valence-corrected chi connectivity index (χ1v) is 22.1. The second-order valence-electron chi connectivity index (χ2n) is 14.1. The number of rotatable bonds is 38. The van der Waals surface area contributed by atoms with Gasteiger partial charge in [0.25, 0.3) is 7.82 Å². The number of unbranched alkanes of at least 4 members (excludes halogenated alkanes) is 20. The van der Waals surface area contributed by atoms with E-state index in [1.165, 1.54) is 89.9 Å². The lowest BCUT2D eigenvalue weighted by Gasteiger charge is -2.26. The van der Waals surface area contributed by atoms with Crippen LogP contribution in [0.4, 0.5) is 0 Å². The number of nitrogens with zero attached hydrogens (tertiary/aromatic N) is 1. The van der Waals surface area contributed by atoms with Crippen LogP contribution in [-0.2, 0) is 32.7 Å². The van der Waals surface area contributed by atoms with Gasteiger partial charge < -0.3 is 28.3 Å². The van der Waals surface area contributed by atoms with Crippen molar-refractivity contribution in [3.05, 3.63) is 24.3 Å². The van der Waals surface area contributed by atoms with Gasteiger partial charge in [0.05, 0.1) is 13.2 Å². The molecule has 300 valence electrons. The zero-order valence-corrected chi connectivity index (χ0v) is 34.2. The van der Waals surface area contributed by atoms with Gasteiger partial charge in [-0.25, -0.2) is 0 Å². The second kappa shape index (κ2) is 36.8. The highest BCUT2D eigenvalue weighted by Gasteiger charge is 2.21. The van der Waals surface area contributed by atoms with Gasteiger partial charge in [0.2, 0.25) is 0 Å². The predicted molar refractivity (Wildman–Crippen MR) is 209 cm³/mol. The maximum Gasteiger partial charge on any atom is 0.306 e. The number of phosphoric ester groups is 1. The fraction of sp³-hybridized carbons (Fsp3) is 0.854. The number of hydrogen-bond donors (Lipinski definition) is 0. The SMILES string of the molecule is CCCCC/C=C\C/C=C\CCCCCCCC(=O)O[C@H](COC(=O)CCCCCCCCCCCCCCC)COP(=O)([O-])OCCN(C)C. The topological polar surface area (TPSA) is 114 Å². The smallest absolute Gasteiger partial charge is 0.306 e. The van der Waals surface area contributed by atoms with Crippen molar-refractivity contribution in [3.63, 3.8) is 0 Å². The third-order valence-electron chi connectivity index (χ3n) is 8.75. The minimum Gasteiger partial charge on any atom is -0.756 e. The summed E-state index contributed by atoms with van der Waals surface area (Å²) < 4.78 is 33.0. The van der Waals surface area contributed by atoms with Crippen LogP contribution in [0.2, 0.25) is 0 Å². The van der Waals surface area contributed by atoms with Gasteiger partial charge in [-0.05, 0) is 59.0 Å². The summed E-state index contributed by atoms with van der Waals surface area (Å²) >= 11 is 0. The fourth-order valence-corrected chi connectivity index (χ4v) is 6.26. The van der Waals surface area contributed by atoms with E-state index in [2.05, 4.69) is 38.2 Å². The van der Waals surface area contributed by atoms with Crippen LogP contribution in [0.3, 0.4) is 0 Å². The Morgan fingerprint density at radius 1 is 0.608 bits per heavy atom. The molecule has 0 aromatic rings. The molecule has 0 aromatic heterocycles. The van der Waals surface area contributed by atoms with Crippen molar-refractivity contribution in [1.29, 1.82) is 0 Å². The summed E-state index contributed by atoms with van der Waals surface area (Å²) in [5, 5.41) is 0. The molecule has 0 aliphatic heterocycles. The van der Waals surface area contributed by atoms with Crippen LogP contribution in [0.15, 0.2) is 24.3 Å². The molecule has 0 saturated carbocycles. The Balaban J connectivity index is 4.34. The summed E-state index contributed by atoms with van der Waals surface area (Å²) in [7, 11) is -1.00. The van der Waals surface area contributed by atoms with Gasteiger partial charge in [-0.2, -0.15) is 0 Å². The zero-order chi connectivity index (χ0) is 37.7. The number of allylic oxidation sites excluding steroid dienone is 4. The zero-order valence-electron chi connectivity index (χ0n) is 33.3. The molecule has 0 heterocycles. The highest BCUT2D eigenvalue weighted by molar-refractivity contribution is 7.45. The largest absolute Gasteiger partial charge is 0.756 e. The van der Waals surface area contributed by atoms with E-state index in [4.69, 9.17) is 18.5 Å². The van der Waals surface area contributed by atoms with E-state index in [1.807, 2.05) is 0 Å². The number of phosphoric acid groups is 1. The molecule has 0 saturated heterocycles. The molecule has 51 heavy (non-hydrogen) atoms. The Morgan fingerprint density at radius 2 is 1.06 bits per heavy atom. The van der Waals surface area contributed by atoms with Gasteiger partial charge in [0.15, 0.2) is 6.10 Å². The van der Waals surface area contributed by atoms with Crippen molar-refractivity contribution < 1.29 is 37.6 Å². The van der Waals surface area contributed by atoms with Crippen LogP contribution >= 0.6 is 7.82 Å². The van der Waals surface area contributed by atoms with Crippen LogP contribution in [0.1, 0.15) is 181 Å². The monoisotopic (exact) mass is 743 g/mol.